The number of rotatable bonds is 5. The summed E-state index contributed by atoms with van der Waals surface area (Å²) in [5, 5.41) is 5.53. The van der Waals surface area contributed by atoms with Gasteiger partial charge < -0.3 is 9.73 Å². The van der Waals surface area contributed by atoms with Gasteiger partial charge in [0.05, 0.1) is 11.9 Å². The fourth-order valence-electron chi connectivity index (χ4n) is 3.10. The van der Waals surface area contributed by atoms with E-state index in [2.05, 4.69) is 22.5 Å². The van der Waals surface area contributed by atoms with Gasteiger partial charge in [-0.1, -0.05) is 31.5 Å². The standard InChI is InChI=1S/C19H22FN3O3S/c1-12-4-2-3-5-15(12)22-18(25)23-17(24)11-27-19-21-10-16(26-19)13-6-8-14(20)9-7-13/h6-10,12,15H,2-5,11H2,1H3,(H2,22,23,24,25). The van der Waals surface area contributed by atoms with Crippen molar-refractivity contribution in [2.24, 2.45) is 5.92 Å². The minimum atomic E-state index is -0.459. The van der Waals surface area contributed by atoms with Gasteiger partial charge in [0, 0.05) is 11.6 Å². The normalized spacial score (nSPS) is 19.5. The molecule has 27 heavy (non-hydrogen) atoms. The van der Waals surface area contributed by atoms with Gasteiger partial charge in [-0.05, 0) is 43.0 Å². The lowest BCUT2D eigenvalue weighted by molar-refractivity contribution is -0.117. The highest BCUT2D eigenvalue weighted by molar-refractivity contribution is 7.99. The Balaban J connectivity index is 1.45. The van der Waals surface area contributed by atoms with Crippen LogP contribution in [0.25, 0.3) is 11.3 Å². The van der Waals surface area contributed by atoms with Gasteiger partial charge >= 0.3 is 6.03 Å². The van der Waals surface area contributed by atoms with Crippen molar-refractivity contribution in [1.82, 2.24) is 15.6 Å². The third-order valence-corrected chi connectivity index (χ3v) is 5.46. The quantitative estimate of drug-likeness (QED) is 0.753. The molecule has 1 aliphatic rings. The molecule has 1 aromatic heterocycles. The molecule has 3 amide bonds. The third kappa shape index (κ3) is 5.56. The van der Waals surface area contributed by atoms with E-state index >= 15 is 0 Å². The summed E-state index contributed by atoms with van der Waals surface area (Å²) >= 11 is 1.09. The molecule has 1 fully saturated rings. The summed E-state index contributed by atoms with van der Waals surface area (Å²) in [6, 6.07) is 5.51. The van der Waals surface area contributed by atoms with Crippen LogP contribution in [0.15, 0.2) is 40.1 Å². The summed E-state index contributed by atoms with van der Waals surface area (Å²) in [5.41, 5.74) is 0.696. The number of carbonyl (C=O) groups is 2. The summed E-state index contributed by atoms with van der Waals surface area (Å²) in [4.78, 5) is 28.0. The third-order valence-electron chi connectivity index (χ3n) is 4.62. The molecule has 6 nitrogen and oxygen atoms in total. The fraction of sp³-hybridized carbons (Fsp3) is 0.421. The maximum absolute atomic E-state index is 13.0. The van der Waals surface area contributed by atoms with Crippen LogP contribution < -0.4 is 10.6 Å². The van der Waals surface area contributed by atoms with Crippen molar-refractivity contribution in [3.05, 3.63) is 36.3 Å². The Labute approximate surface area is 161 Å². The molecule has 0 saturated heterocycles. The Hall–Kier alpha value is -2.35. The van der Waals surface area contributed by atoms with Crippen molar-refractivity contribution in [3.8, 4) is 11.3 Å². The Kier molecular flexibility index (Phi) is 6.49. The molecule has 0 spiro atoms. The Morgan fingerprint density at radius 2 is 2.00 bits per heavy atom. The molecule has 1 saturated carbocycles. The largest absolute Gasteiger partial charge is 0.431 e. The Morgan fingerprint density at radius 1 is 1.26 bits per heavy atom. The number of aromatic nitrogens is 1. The van der Waals surface area contributed by atoms with Crippen molar-refractivity contribution < 1.29 is 18.4 Å². The number of thioether (sulfide) groups is 1. The average molecular weight is 391 g/mol. The van der Waals surface area contributed by atoms with E-state index in [-0.39, 0.29) is 17.6 Å². The zero-order chi connectivity index (χ0) is 19.2. The SMILES string of the molecule is CC1CCCCC1NC(=O)NC(=O)CSc1ncc(-c2ccc(F)cc2)o1. The first-order valence-electron chi connectivity index (χ1n) is 8.96. The van der Waals surface area contributed by atoms with E-state index in [0.717, 1.165) is 31.0 Å². The molecule has 3 rings (SSSR count). The number of hydrogen-bond donors (Lipinski definition) is 2. The minimum Gasteiger partial charge on any atom is -0.431 e. The van der Waals surface area contributed by atoms with Crippen LogP contribution in [0, 0.1) is 11.7 Å². The molecule has 2 N–H and O–H groups in total. The molecule has 8 heteroatoms. The summed E-state index contributed by atoms with van der Waals surface area (Å²) in [6.45, 7) is 2.11. The first-order chi connectivity index (χ1) is 13.0. The number of oxazole rings is 1. The van der Waals surface area contributed by atoms with E-state index < -0.39 is 11.9 Å². The molecular formula is C19H22FN3O3S. The van der Waals surface area contributed by atoms with Crippen molar-refractivity contribution in [1.29, 1.82) is 0 Å². The van der Waals surface area contributed by atoms with Gasteiger partial charge in [-0.15, -0.1) is 0 Å². The number of carbonyl (C=O) groups excluding carboxylic acids is 2. The molecule has 0 radical (unpaired) electrons. The molecule has 144 valence electrons. The second-order valence-electron chi connectivity index (χ2n) is 6.68. The molecule has 1 heterocycles. The van der Waals surface area contributed by atoms with E-state index in [4.69, 9.17) is 4.42 Å². The van der Waals surface area contributed by atoms with Crippen molar-refractivity contribution in [2.45, 2.75) is 43.9 Å². The van der Waals surface area contributed by atoms with Crippen molar-refractivity contribution >= 4 is 23.7 Å². The van der Waals surface area contributed by atoms with Gasteiger partial charge in [0.25, 0.3) is 5.22 Å². The predicted octanol–water partition coefficient (Wildman–Crippen LogP) is 3.98. The number of benzene rings is 1. The van der Waals surface area contributed by atoms with Crippen LogP contribution in [-0.4, -0.2) is 28.7 Å². The van der Waals surface area contributed by atoms with Gasteiger partial charge in [-0.2, -0.15) is 0 Å². The summed E-state index contributed by atoms with van der Waals surface area (Å²) in [7, 11) is 0. The van der Waals surface area contributed by atoms with E-state index in [9.17, 15) is 14.0 Å². The van der Waals surface area contributed by atoms with Crippen LogP contribution in [0.1, 0.15) is 32.6 Å². The number of nitrogens with zero attached hydrogens (tertiary/aromatic N) is 1. The highest BCUT2D eigenvalue weighted by atomic mass is 32.2. The Morgan fingerprint density at radius 3 is 2.74 bits per heavy atom. The monoisotopic (exact) mass is 391 g/mol. The zero-order valence-corrected chi connectivity index (χ0v) is 15.9. The lowest BCUT2D eigenvalue weighted by atomic mass is 9.86. The number of urea groups is 1. The molecule has 1 aliphatic carbocycles. The highest BCUT2D eigenvalue weighted by Gasteiger charge is 2.23. The van der Waals surface area contributed by atoms with Gasteiger partial charge in [0.15, 0.2) is 5.76 Å². The lowest BCUT2D eigenvalue weighted by Gasteiger charge is -2.29. The second-order valence-corrected chi connectivity index (χ2v) is 7.60. The zero-order valence-electron chi connectivity index (χ0n) is 15.0. The number of imide groups is 1. The van der Waals surface area contributed by atoms with Gasteiger partial charge in [0.1, 0.15) is 5.82 Å². The number of halogens is 1. The summed E-state index contributed by atoms with van der Waals surface area (Å²) in [6.07, 6.45) is 5.84. The first kappa shape index (κ1) is 19.4. The van der Waals surface area contributed by atoms with Gasteiger partial charge in [-0.25, -0.2) is 14.2 Å². The first-order valence-corrected chi connectivity index (χ1v) is 9.95. The van der Waals surface area contributed by atoms with E-state index in [1.165, 1.54) is 24.8 Å². The maximum Gasteiger partial charge on any atom is 0.321 e. The van der Waals surface area contributed by atoms with Crippen LogP contribution in [0.3, 0.4) is 0 Å². The van der Waals surface area contributed by atoms with Gasteiger partial charge in [-0.3, -0.25) is 10.1 Å². The fourth-order valence-corrected chi connectivity index (χ4v) is 3.70. The number of hydrogen-bond acceptors (Lipinski definition) is 5. The number of nitrogens with one attached hydrogen (secondary N) is 2. The average Bonchev–Trinajstić information content (AvgIpc) is 3.11. The molecule has 2 aromatic rings. The molecule has 2 unspecified atom stereocenters. The molecule has 0 aliphatic heterocycles. The Bertz CT molecular complexity index is 794. The predicted molar refractivity (Wildman–Crippen MR) is 101 cm³/mol. The van der Waals surface area contributed by atoms with Crippen LogP contribution in [0.4, 0.5) is 9.18 Å². The lowest BCUT2D eigenvalue weighted by Crippen LogP contribution is -2.48. The van der Waals surface area contributed by atoms with Crippen molar-refractivity contribution in [2.75, 3.05) is 5.75 Å². The van der Waals surface area contributed by atoms with Crippen LogP contribution in [0.2, 0.25) is 0 Å². The summed E-state index contributed by atoms with van der Waals surface area (Å²) in [5.74, 6) is 0.179. The second kappa shape index (κ2) is 9.03. The van der Waals surface area contributed by atoms with Gasteiger partial charge in [0.2, 0.25) is 5.91 Å². The van der Waals surface area contributed by atoms with E-state index in [0.29, 0.717) is 22.5 Å². The number of amides is 3. The molecule has 0 bridgehead atoms. The topological polar surface area (TPSA) is 84.2 Å². The van der Waals surface area contributed by atoms with E-state index in [1.807, 2.05) is 0 Å². The van der Waals surface area contributed by atoms with Crippen LogP contribution in [-0.2, 0) is 4.79 Å². The minimum absolute atomic E-state index is 0.0109. The highest BCUT2D eigenvalue weighted by Crippen LogP contribution is 2.26. The summed E-state index contributed by atoms with van der Waals surface area (Å²) < 4.78 is 18.5. The maximum atomic E-state index is 13.0. The van der Waals surface area contributed by atoms with Crippen molar-refractivity contribution in [3.63, 3.8) is 0 Å². The smallest absolute Gasteiger partial charge is 0.321 e. The molecule has 2 atom stereocenters. The van der Waals surface area contributed by atoms with Crippen LogP contribution in [0.5, 0.6) is 0 Å². The molecule has 1 aromatic carbocycles. The molecular weight excluding hydrogens is 369 g/mol. The van der Waals surface area contributed by atoms with Crippen LogP contribution >= 0.6 is 11.8 Å². The van der Waals surface area contributed by atoms with E-state index in [1.54, 1.807) is 12.1 Å².